The fourth-order valence-electron chi connectivity index (χ4n) is 2.73. The second-order valence-electron chi connectivity index (χ2n) is 5.43. The number of hydrogen-bond acceptors (Lipinski definition) is 3. The van der Waals surface area contributed by atoms with Crippen molar-refractivity contribution in [3.8, 4) is 0 Å². The molecule has 0 aromatic carbocycles. The zero-order valence-corrected chi connectivity index (χ0v) is 11.6. The maximum absolute atomic E-state index is 5.82. The molecule has 1 aromatic heterocycles. The van der Waals surface area contributed by atoms with Crippen molar-refractivity contribution < 1.29 is 4.42 Å². The van der Waals surface area contributed by atoms with Gasteiger partial charge in [0.1, 0.15) is 5.76 Å². The van der Waals surface area contributed by atoms with E-state index in [1.807, 2.05) is 6.20 Å². The van der Waals surface area contributed by atoms with Crippen molar-refractivity contribution in [2.45, 2.75) is 58.3 Å². The number of nitrogens with zero attached hydrogens (tertiary/aromatic N) is 1. The Hall–Kier alpha value is -0.830. The number of aromatic nitrogens is 1. The normalized spacial score (nSPS) is 17.2. The van der Waals surface area contributed by atoms with Crippen molar-refractivity contribution in [1.29, 1.82) is 0 Å². The Balaban J connectivity index is 1.71. The van der Waals surface area contributed by atoms with E-state index in [1.54, 1.807) is 0 Å². The van der Waals surface area contributed by atoms with Gasteiger partial charge >= 0.3 is 0 Å². The van der Waals surface area contributed by atoms with E-state index in [0.29, 0.717) is 0 Å². The molecule has 3 heteroatoms. The predicted octanol–water partition coefficient (Wildman–Crippen LogP) is 3.34. The van der Waals surface area contributed by atoms with Crippen LogP contribution < -0.4 is 5.32 Å². The van der Waals surface area contributed by atoms with Crippen LogP contribution in [0.4, 0.5) is 0 Å². The van der Waals surface area contributed by atoms with Crippen LogP contribution in [0, 0.1) is 5.92 Å². The summed E-state index contributed by atoms with van der Waals surface area (Å²) >= 11 is 0. The summed E-state index contributed by atoms with van der Waals surface area (Å²) < 4.78 is 5.82. The molecule has 1 saturated carbocycles. The van der Waals surface area contributed by atoms with Crippen LogP contribution in [0.25, 0.3) is 0 Å². The fourth-order valence-corrected chi connectivity index (χ4v) is 2.73. The highest BCUT2D eigenvalue weighted by Gasteiger charge is 2.16. The van der Waals surface area contributed by atoms with Crippen molar-refractivity contribution in [3.05, 3.63) is 17.8 Å². The molecule has 1 fully saturated rings. The molecule has 1 aliphatic carbocycles. The second-order valence-corrected chi connectivity index (χ2v) is 5.43. The number of nitrogens with one attached hydrogen (secondary N) is 1. The van der Waals surface area contributed by atoms with E-state index < -0.39 is 0 Å². The minimum Gasteiger partial charge on any atom is -0.446 e. The largest absolute Gasteiger partial charge is 0.446 e. The molecule has 0 atom stereocenters. The van der Waals surface area contributed by atoms with Crippen LogP contribution in [-0.4, -0.2) is 18.1 Å². The van der Waals surface area contributed by atoms with E-state index in [2.05, 4.69) is 17.2 Å². The summed E-state index contributed by atoms with van der Waals surface area (Å²) in [6, 6.07) is 0. The third-order valence-electron chi connectivity index (χ3n) is 3.76. The summed E-state index contributed by atoms with van der Waals surface area (Å²) in [6.45, 7) is 4.23. The van der Waals surface area contributed by atoms with E-state index in [9.17, 15) is 0 Å². The molecule has 0 saturated heterocycles. The van der Waals surface area contributed by atoms with Crippen molar-refractivity contribution in [2.24, 2.45) is 5.92 Å². The fraction of sp³-hybridized carbons (Fsp3) is 0.800. The van der Waals surface area contributed by atoms with E-state index >= 15 is 0 Å². The molecular weight excluding hydrogens is 224 g/mol. The summed E-state index contributed by atoms with van der Waals surface area (Å²) in [7, 11) is 0. The molecule has 2 rings (SSSR count). The Morgan fingerprint density at radius 2 is 2.11 bits per heavy atom. The Kier molecular flexibility index (Phi) is 5.72. The molecular formula is C15H26N2O. The number of oxazole rings is 1. The van der Waals surface area contributed by atoms with Gasteiger partial charge in [-0.25, -0.2) is 4.98 Å². The van der Waals surface area contributed by atoms with Gasteiger partial charge in [0.25, 0.3) is 0 Å². The minimum absolute atomic E-state index is 0.831. The quantitative estimate of drug-likeness (QED) is 0.754. The lowest BCUT2D eigenvalue weighted by molar-refractivity contribution is 0.328. The lowest BCUT2D eigenvalue weighted by Crippen LogP contribution is -2.17. The highest BCUT2D eigenvalue weighted by molar-refractivity contribution is 4.96. The lowest BCUT2D eigenvalue weighted by Gasteiger charge is -2.19. The van der Waals surface area contributed by atoms with Crippen LogP contribution in [0.3, 0.4) is 0 Å². The Labute approximate surface area is 110 Å². The summed E-state index contributed by atoms with van der Waals surface area (Å²) in [4.78, 5) is 4.37. The Bertz CT molecular complexity index is 329. The first-order valence-electron chi connectivity index (χ1n) is 7.52. The van der Waals surface area contributed by atoms with Crippen molar-refractivity contribution in [1.82, 2.24) is 10.3 Å². The zero-order valence-electron chi connectivity index (χ0n) is 11.6. The zero-order chi connectivity index (χ0) is 12.6. The first kappa shape index (κ1) is 13.6. The van der Waals surface area contributed by atoms with Gasteiger partial charge in [-0.05, 0) is 18.9 Å². The van der Waals surface area contributed by atoms with Gasteiger partial charge in [0.05, 0.1) is 6.20 Å². The third kappa shape index (κ3) is 4.45. The van der Waals surface area contributed by atoms with Gasteiger partial charge < -0.3 is 9.73 Å². The summed E-state index contributed by atoms with van der Waals surface area (Å²) in [5, 5.41) is 3.37. The van der Waals surface area contributed by atoms with E-state index in [-0.39, 0.29) is 0 Å². The number of rotatable bonds is 7. The van der Waals surface area contributed by atoms with Gasteiger partial charge in [0, 0.05) is 19.4 Å². The topological polar surface area (TPSA) is 38.1 Å². The first-order chi connectivity index (χ1) is 8.88. The molecule has 0 bridgehead atoms. The van der Waals surface area contributed by atoms with Crippen molar-refractivity contribution >= 4 is 0 Å². The van der Waals surface area contributed by atoms with Crippen LogP contribution in [0.2, 0.25) is 0 Å². The molecule has 0 unspecified atom stereocenters. The summed E-state index contributed by atoms with van der Waals surface area (Å²) in [5.41, 5.74) is 0. The molecule has 1 heterocycles. The molecule has 1 aromatic rings. The standard InChI is InChI=1S/C15H26N2O/c1-2-9-16-10-8-15-17-12-14(18-15)11-13-6-4-3-5-7-13/h12-13,16H,2-11H2,1H3. The molecule has 0 radical (unpaired) electrons. The first-order valence-corrected chi connectivity index (χ1v) is 7.52. The van der Waals surface area contributed by atoms with E-state index in [4.69, 9.17) is 4.42 Å². The van der Waals surface area contributed by atoms with Crippen LogP contribution in [0.15, 0.2) is 10.6 Å². The van der Waals surface area contributed by atoms with Gasteiger partial charge in [-0.3, -0.25) is 0 Å². The molecule has 18 heavy (non-hydrogen) atoms. The van der Waals surface area contributed by atoms with E-state index in [1.165, 1.54) is 38.5 Å². The van der Waals surface area contributed by atoms with Crippen LogP contribution in [0.5, 0.6) is 0 Å². The molecule has 0 spiro atoms. The highest BCUT2D eigenvalue weighted by atomic mass is 16.4. The molecule has 0 aliphatic heterocycles. The third-order valence-corrected chi connectivity index (χ3v) is 3.76. The smallest absolute Gasteiger partial charge is 0.195 e. The molecule has 1 N–H and O–H groups in total. The average Bonchev–Trinajstić information content (AvgIpc) is 2.84. The second kappa shape index (κ2) is 7.57. The molecule has 0 amide bonds. The van der Waals surface area contributed by atoms with Crippen molar-refractivity contribution in [3.63, 3.8) is 0 Å². The SMILES string of the molecule is CCCNCCc1ncc(CC2CCCCC2)o1. The highest BCUT2D eigenvalue weighted by Crippen LogP contribution is 2.26. The van der Waals surface area contributed by atoms with Crippen LogP contribution in [-0.2, 0) is 12.8 Å². The lowest BCUT2D eigenvalue weighted by atomic mass is 9.86. The summed E-state index contributed by atoms with van der Waals surface area (Å²) in [5.74, 6) is 2.81. The van der Waals surface area contributed by atoms with Gasteiger partial charge in [-0.2, -0.15) is 0 Å². The van der Waals surface area contributed by atoms with Crippen molar-refractivity contribution in [2.75, 3.05) is 13.1 Å². The molecule has 3 nitrogen and oxygen atoms in total. The molecule has 102 valence electrons. The minimum atomic E-state index is 0.831. The maximum atomic E-state index is 5.82. The van der Waals surface area contributed by atoms with Gasteiger partial charge in [-0.15, -0.1) is 0 Å². The van der Waals surface area contributed by atoms with Gasteiger partial charge in [0.15, 0.2) is 5.89 Å². The monoisotopic (exact) mass is 250 g/mol. The van der Waals surface area contributed by atoms with Gasteiger partial charge in [-0.1, -0.05) is 39.0 Å². The maximum Gasteiger partial charge on any atom is 0.195 e. The average molecular weight is 250 g/mol. The Morgan fingerprint density at radius 3 is 2.89 bits per heavy atom. The predicted molar refractivity (Wildman–Crippen MR) is 73.6 cm³/mol. The summed E-state index contributed by atoms with van der Waals surface area (Å²) in [6.07, 6.45) is 12.1. The number of hydrogen-bond donors (Lipinski definition) is 1. The van der Waals surface area contributed by atoms with E-state index in [0.717, 1.165) is 43.5 Å². The Morgan fingerprint density at radius 1 is 1.28 bits per heavy atom. The molecule has 1 aliphatic rings. The van der Waals surface area contributed by atoms with Crippen LogP contribution in [0.1, 0.15) is 57.1 Å². The van der Waals surface area contributed by atoms with Gasteiger partial charge in [0.2, 0.25) is 0 Å². The van der Waals surface area contributed by atoms with Crippen LogP contribution >= 0.6 is 0 Å².